The Labute approximate surface area is 147 Å². The second-order valence-electron chi connectivity index (χ2n) is 5.54. The fourth-order valence-corrected chi connectivity index (χ4v) is 2.55. The molecule has 2 heterocycles. The van der Waals surface area contributed by atoms with E-state index in [-0.39, 0.29) is 31.0 Å². The molecule has 26 heavy (non-hydrogen) atoms. The molecule has 0 aliphatic heterocycles. The van der Waals surface area contributed by atoms with Gasteiger partial charge in [0.25, 0.3) is 5.56 Å². The molecule has 11 heteroatoms. The lowest BCUT2D eigenvalue weighted by molar-refractivity contribution is -0.129. The summed E-state index contributed by atoms with van der Waals surface area (Å²) in [4.78, 5) is 51.7. The molecule has 11 nitrogen and oxygen atoms in total. The summed E-state index contributed by atoms with van der Waals surface area (Å²) in [5.74, 6) is -0.541. The van der Waals surface area contributed by atoms with Crippen LogP contribution in [0.4, 0.5) is 0 Å². The summed E-state index contributed by atoms with van der Waals surface area (Å²) in [7, 11) is 2.77. The fourth-order valence-electron chi connectivity index (χ4n) is 2.55. The highest BCUT2D eigenvalue weighted by Crippen LogP contribution is 2.18. The molecule has 0 aliphatic rings. The van der Waals surface area contributed by atoms with Crippen molar-refractivity contribution in [3.8, 4) is 0 Å². The van der Waals surface area contributed by atoms with E-state index in [0.717, 1.165) is 4.57 Å². The maximum atomic E-state index is 12.8. The van der Waals surface area contributed by atoms with E-state index in [9.17, 15) is 19.3 Å². The van der Waals surface area contributed by atoms with Crippen molar-refractivity contribution in [3.05, 3.63) is 43.1 Å². The van der Waals surface area contributed by atoms with Crippen molar-refractivity contribution in [1.82, 2.24) is 19.1 Å². The zero-order valence-electron chi connectivity index (χ0n) is 14.9. The van der Waals surface area contributed by atoms with Crippen molar-refractivity contribution in [1.29, 1.82) is 0 Å². The minimum absolute atomic E-state index is 0.111. The molecule has 0 aromatic carbocycles. The van der Waals surface area contributed by atoms with Gasteiger partial charge < -0.3 is 9.47 Å². The normalized spacial score (nSPS) is 10.9. The summed E-state index contributed by atoms with van der Waals surface area (Å²) >= 11 is 0. The molecule has 0 fully saturated rings. The highest BCUT2D eigenvalue weighted by atomic mass is 16.5. The van der Waals surface area contributed by atoms with Gasteiger partial charge in [-0.1, -0.05) is 0 Å². The Hall–Kier alpha value is -2.92. The number of fused-ring (bicyclic) bond motifs is 1. The smallest absolute Gasteiger partial charge is 0.336 e. The van der Waals surface area contributed by atoms with Crippen LogP contribution in [0, 0.1) is 11.8 Å². The molecular formula is C15H19N5O6. The number of methoxy groups -OCH3 is 2. The third-order valence-corrected chi connectivity index (χ3v) is 3.90. The molecule has 0 spiro atoms. The number of ether oxygens (including phenoxy) is 2. The van der Waals surface area contributed by atoms with Crippen molar-refractivity contribution in [3.63, 3.8) is 0 Å². The van der Waals surface area contributed by atoms with Crippen LogP contribution >= 0.6 is 0 Å². The van der Waals surface area contributed by atoms with Crippen LogP contribution in [0.25, 0.3) is 11.0 Å². The predicted octanol–water partition coefficient (Wildman–Crippen LogP) is 0.104. The molecule has 0 saturated heterocycles. The first-order valence-corrected chi connectivity index (χ1v) is 7.58. The average molecular weight is 365 g/mol. The summed E-state index contributed by atoms with van der Waals surface area (Å²) in [5.41, 5.74) is -0.130. The van der Waals surface area contributed by atoms with Gasteiger partial charge >= 0.3 is 5.69 Å². The quantitative estimate of drug-likeness (QED) is 0.503. The van der Waals surface area contributed by atoms with Gasteiger partial charge in [0.15, 0.2) is 5.65 Å². The third kappa shape index (κ3) is 3.39. The molecular weight excluding hydrogens is 346 g/mol. The lowest BCUT2D eigenvalue weighted by Gasteiger charge is -2.17. The summed E-state index contributed by atoms with van der Waals surface area (Å²) in [6.45, 7) is 2.35. The van der Waals surface area contributed by atoms with Crippen LogP contribution in [0.1, 0.15) is 18.1 Å². The topological polar surface area (TPSA) is 125 Å². The summed E-state index contributed by atoms with van der Waals surface area (Å²) < 4.78 is 12.1. The van der Waals surface area contributed by atoms with E-state index in [1.807, 2.05) is 0 Å². The number of aryl methyl sites for hydroxylation is 1. The maximum absolute atomic E-state index is 12.8. The van der Waals surface area contributed by atoms with Crippen molar-refractivity contribution in [2.75, 3.05) is 14.2 Å². The summed E-state index contributed by atoms with van der Waals surface area (Å²) in [6.07, 6.45) is 1.39. The first kappa shape index (κ1) is 19.4. The first-order valence-electron chi connectivity index (χ1n) is 7.58. The lowest BCUT2D eigenvalue weighted by Crippen LogP contribution is -2.41. The number of rotatable bonds is 7. The van der Waals surface area contributed by atoms with Gasteiger partial charge in [-0.2, -0.15) is 5.01 Å². The monoisotopic (exact) mass is 365 g/mol. The maximum Gasteiger partial charge on any atom is 0.336 e. The van der Waals surface area contributed by atoms with E-state index in [1.54, 1.807) is 6.92 Å². The van der Waals surface area contributed by atoms with E-state index in [0.29, 0.717) is 16.1 Å². The van der Waals surface area contributed by atoms with Gasteiger partial charge in [-0.15, -0.1) is 4.91 Å². The Bertz CT molecular complexity index is 964. The highest BCUT2D eigenvalue weighted by molar-refractivity contribution is 5.79. The number of carbonyl (C=O) groups excluding carboxylic acids is 1. The van der Waals surface area contributed by atoms with E-state index >= 15 is 0 Å². The second-order valence-corrected chi connectivity index (χ2v) is 5.54. The van der Waals surface area contributed by atoms with Gasteiger partial charge in [0.05, 0.1) is 17.2 Å². The molecule has 0 unspecified atom stereocenters. The number of hydrogen-bond acceptors (Lipinski definition) is 8. The predicted molar refractivity (Wildman–Crippen MR) is 91.0 cm³/mol. The Balaban J connectivity index is 2.79. The number of pyridine rings is 1. The zero-order valence-corrected chi connectivity index (χ0v) is 14.9. The molecule has 1 amide bonds. The van der Waals surface area contributed by atoms with Crippen molar-refractivity contribution in [2.24, 2.45) is 5.29 Å². The lowest BCUT2D eigenvalue weighted by atomic mass is 10.1. The van der Waals surface area contributed by atoms with Gasteiger partial charge in [0.1, 0.15) is 13.5 Å². The van der Waals surface area contributed by atoms with Gasteiger partial charge in [0, 0.05) is 27.3 Å². The van der Waals surface area contributed by atoms with Gasteiger partial charge in [-0.05, 0) is 18.1 Å². The average Bonchev–Trinajstić information content (AvgIpc) is 2.60. The minimum Gasteiger partial charge on any atom is -0.364 e. The highest BCUT2D eigenvalue weighted by Gasteiger charge is 2.19. The molecule has 0 atom stereocenters. The van der Waals surface area contributed by atoms with Gasteiger partial charge in [-0.3, -0.25) is 14.2 Å². The Morgan fingerprint density at radius 2 is 1.85 bits per heavy atom. The van der Waals surface area contributed by atoms with Crippen molar-refractivity contribution >= 4 is 16.9 Å². The van der Waals surface area contributed by atoms with E-state index in [4.69, 9.17) is 9.47 Å². The fraction of sp³-hybridized carbons (Fsp3) is 0.467. The largest absolute Gasteiger partial charge is 0.364 e. The first-order chi connectivity index (χ1) is 12.4. The number of carbonyl (C=O) groups is 1. The van der Waals surface area contributed by atoms with Crippen LogP contribution in [0.15, 0.2) is 21.1 Å². The van der Waals surface area contributed by atoms with Crippen LogP contribution in [-0.4, -0.2) is 39.3 Å². The van der Waals surface area contributed by atoms with E-state index in [2.05, 4.69) is 10.3 Å². The summed E-state index contributed by atoms with van der Waals surface area (Å²) in [5, 5.41) is 3.55. The van der Waals surface area contributed by atoms with Crippen LogP contribution in [0.3, 0.4) is 0 Å². The standard InChI is InChI=1S/C15H19N5O6/c1-9-11(6-20(17-24)10(2)21)5-16-13-12(9)14(22)19(8-26-4)15(23)18(13)7-25-3/h5H,6-8H2,1-4H3. The SMILES string of the molecule is COCn1c(=O)c2c(C)c(CN(N=O)C(C)=O)cnc2n(COC)c1=O. The molecule has 0 radical (unpaired) electrons. The Morgan fingerprint density at radius 1 is 1.23 bits per heavy atom. The molecule has 2 aromatic rings. The van der Waals surface area contributed by atoms with Crippen LogP contribution in [0.5, 0.6) is 0 Å². The zero-order chi connectivity index (χ0) is 19.4. The van der Waals surface area contributed by atoms with Gasteiger partial charge in [-0.25, -0.2) is 14.3 Å². The van der Waals surface area contributed by atoms with E-state index < -0.39 is 17.2 Å². The van der Waals surface area contributed by atoms with Gasteiger partial charge in [0.2, 0.25) is 5.91 Å². The number of nitrogens with zero attached hydrogens (tertiary/aromatic N) is 5. The summed E-state index contributed by atoms with van der Waals surface area (Å²) in [6, 6.07) is 0. The van der Waals surface area contributed by atoms with Crippen LogP contribution in [-0.2, 0) is 34.3 Å². The molecule has 0 N–H and O–H groups in total. The second kappa shape index (κ2) is 7.97. The molecule has 0 saturated carbocycles. The van der Waals surface area contributed by atoms with Crippen LogP contribution in [0.2, 0.25) is 0 Å². The number of hydrogen-bond donors (Lipinski definition) is 0. The van der Waals surface area contributed by atoms with E-state index in [1.165, 1.54) is 31.9 Å². The molecule has 2 rings (SSSR count). The third-order valence-electron chi connectivity index (χ3n) is 3.90. The number of nitroso groups, excluding NO2 is 1. The molecule has 2 aromatic heterocycles. The molecule has 0 bridgehead atoms. The van der Waals surface area contributed by atoms with Crippen molar-refractivity contribution in [2.45, 2.75) is 33.9 Å². The minimum atomic E-state index is -0.620. The molecule has 0 aliphatic carbocycles. The van der Waals surface area contributed by atoms with Crippen LogP contribution < -0.4 is 11.2 Å². The van der Waals surface area contributed by atoms with Crippen molar-refractivity contribution < 1.29 is 14.3 Å². The molecule has 140 valence electrons. The Morgan fingerprint density at radius 3 is 2.38 bits per heavy atom. The Kier molecular flexibility index (Phi) is 5.95. The number of aromatic nitrogens is 3. The number of amides is 1.